The Balaban J connectivity index is 1.51. The van der Waals surface area contributed by atoms with Crippen LogP contribution in [0.2, 0.25) is 0 Å². The maximum atomic E-state index is 12.6. The fourth-order valence-corrected chi connectivity index (χ4v) is 4.11. The van der Waals surface area contributed by atoms with E-state index < -0.39 is 0 Å². The maximum Gasteiger partial charge on any atom is 0.332 e. The first kappa shape index (κ1) is 21.5. The molecule has 0 bridgehead atoms. The molecule has 0 aliphatic heterocycles. The average Bonchev–Trinajstić information content (AvgIpc) is 3.04. The normalized spacial score (nSPS) is 12.6. The summed E-state index contributed by atoms with van der Waals surface area (Å²) in [4.78, 5) is 29.0. The van der Waals surface area contributed by atoms with Gasteiger partial charge in [-0.1, -0.05) is 36.8 Å². The molecule has 2 aromatic heterocycles. The number of hydrogen-bond acceptors (Lipinski definition) is 4. The summed E-state index contributed by atoms with van der Waals surface area (Å²) in [7, 11) is 3.13. The number of imidazole rings is 1. The molecule has 0 fully saturated rings. The Hall–Kier alpha value is -2.19. The molecular weight excluding hydrogens is 434 g/mol. The third-order valence-corrected chi connectivity index (χ3v) is 5.84. The van der Waals surface area contributed by atoms with Crippen molar-refractivity contribution in [2.75, 3.05) is 6.54 Å². The fraction of sp³-hybridized carbons (Fsp3) is 0.476. The third-order valence-electron chi connectivity index (χ3n) is 5.24. The van der Waals surface area contributed by atoms with Crippen LogP contribution in [0.3, 0.4) is 0 Å². The average molecular weight is 462 g/mol. The standard InChI is InChI=1S/C21H28BrN5O2/c1-15(14-16-10-6-4-7-11-16)23-12-8-5-9-13-27-17-18(24-20(27)22)25(2)21(29)26(3)19(17)28/h4,6-7,10-11,15,23H,5,8-9,12-14H2,1-3H3. The summed E-state index contributed by atoms with van der Waals surface area (Å²) in [6, 6.07) is 10.9. The van der Waals surface area contributed by atoms with E-state index in [9.17, 15) is 9.59 Å². The van der Waals surface area contributed by atoms with Crippen molar-refractivity contribution in [3.8, 4) is 0 Å². The Bertz CT molecular complexity index is 1080. The molecule has 0 spiro atoms. The summed E-state index contributed by atoms with van der Waals surface area (Å²) in [6.07, 6.45) is 4.07. The molecule has 0 radical (unpaired) electrons. The minimum atomic E-state index is -0.365. The van der Waals surface area contributed by atoms with Crippen molar-refractivity contribution in [2.45, 2.75) is 45.2 Å². The van der Waals surface area contributed by atoms with Crippen molar-refractivity contribution in [3.05, 3.63) is 61.5 Å². The van der Waals surface area contributed by atoms with Gasteiger partial charge in [-0.3, -0.25) is 13.9 Å². The van der Waals surface area contributed by atoms with Crippen LogP contribution in [0.5, 0.6) is 0 Å². The van der Waals surface area contributed by atoms with Gasteiger partial charge in [0.05, 0.1) is 0 Å². The molecule has 0 aliphatic rings. The Morgan fingerprint density at radius 3 is 2.52 bits per heavy atom. The van der Waals surface area contributed by atoms with Gasteiger partial charge in [0.25, 0.3) is 5.56 Å². The van der Waals surface area contributed by atoms with Crippen molar-refractivity contribution in [2.24, 2.45) is 14.1 Å². The van der Waals surface area contributed by atoms with Crippen molar-refractivity contribution in [1.29, 1.82) is 0 Å². The van der Waals surface area contributed by atoms with E-state index in [1.54, 1.807) is 7.05 Å². The molecule has 0 amide bonds. The second-order valence-electron chi connectivity index (χ2n) is 7.52. The Kier molecular flexibility index (Phi) is 7.08. The van der Waals surface area contributed by atoms with Gasteiger partial charge in [-0.25, -0.2) is 9.78 Å². The van der Waals surface area contributed by atoms with E-state index in [2.05, 4.69) is 57.4 Å². The summed E-state index contributed by atoms with van der Waals surface area (Å²) in [5.74, 6) is 0. The first-order valence-electron chi connectivity index (χ1n) is 9.99. The van der Waals surface area contributed by atoms with Crippen LogP contribution >= 0.6 is 15.9 Å². The van der Waals surface area contributed by atoms with Crippen LogP contribution in [-0.4, -0.2) is 31.3 Å². The van der Waals surface area contributed by atoms with Crippen molar-refractivity contribution in [3.63, 3.8) is 0 Å². The molecule has 0 saturated heterocycles. The lowest BCUT2D eigenvalue weighted by Gasteiger charge is -2.14. The highest BCUT2D eigenvalue weighted by atomic mass is 79.9. The quantitative estimate of drug-likeness (QED) is 0.392. The first-order valence-corrected chi connectivity index (χ1v) is 10.8. The second-order valence-corrected chi connectivity index (χ2v) is 8.23. The highest BCUT2D eigenvalue weighted by Crippen LogP contribution is 2.17. The molecule has 1 atom stereocenters. The Morgan fingerprint density at radius 2 is 1.79 bits per heavy atom. The number of fused-ring (bicyclic) bond motifs is 1. The number of rotatable bonds is 9. The van der Waals surface area contributed by atoms with Crippen LogP contribution in [0.4, 0.5) is 0 Å². The summed E-state index contributed by atoms with van der Waals surface area (Å²) in [6.45, 7) is 3.86. The van der Waals surface area contributed by atoms with Crippen LogP contribution < -0.4 is 16.6 Å². The number of aromatic nitrogens is 4. The Morgan fingerprint density at radius 1 is 1.07 bits per heavy atom. The summed E-state index contributed by atoms with van der Waals surface area (Å²) < 4.78 is 4.99. The van der Waals surface area contributed by atoms with Gasteiger partial charge in [-0.15, -0.1) is 0 Å². The van der Waals surface area contributed by atoms with E-state index >= 15 is 0 Å². The number of nitrogens with zero attached hydrogens (tertiary/aromatic N) is 4. The number of nitrogens with one attached hydrogen (secondary N) is 1. The molecule has 3 rings (SSSR count). The molecule has 3 aromatic rings. The minimum absolute atomic E-state index is 0.308. The molecule has 1 unspecified atom stereocenters. The topological polar surface area (TPSA) is 73.8 Å². The van der Waals surface area contributed by atoms with Gasteiger partial charge < -0.3 is 9.88 Å². The van der Waals surface area contributed by atoms with Crippen LogP contribution in [0.1, 0.15) is 31.7 Å². The van der Waals surface area contributed by atoms with E-state index in [0.717, 1.165) is 36.8 Å². The number of aryl methyl sites for hydroxylation is 2. The van der Waals surface area contributed by atoms with Crippen molar-refractivity contribution in [1.82, 2.24) is 24.0 Å². The first-order chi connectivity index (χ1) is 13.9. The summed E-state index contributed by atoms with van der Waals surface area (Å²) in [5.41, 5.74) is 1.56. The van der Waals surface area contributed by atoms with E-state index in [4.69, 9.17) is 0 Å². The molecule has 29 heavy (non-hydrogen) atoms. The fourth-order valence-electron chi connectivity index (χ4n) is 3.58. The number of unbranched alkanes of at least 4 members (excludes halogenated alkanes) is 2. The number of halogens is 1. The lowest BCUT2D eigenvalue weighted by atomic mass is 10.1. The lowest BCUT2D eigenvalue weighted by Crippen LogP contribution is -2.37. The predicted octanol–water partition coefficient (Wildman–Crippen LogP) is 2.59. The molecular formula is C21H28BrN5O2. The maximum absolute atomic E-state index is 12.6. The van der Waals surface area contributed by atoms with Gasteiger partial charge in [-0.05, 0) is 54.2 Å². The smallest absolute Gasteiger partial charge is 0.314 e. The van der Waals surface area contributed by atoms with E-state index in [1.165, 1.54) is 17.2 Å². The third kappa shape index (κ3) is 4.87. The molecule has 1 aromatic carbocycles. The van der Waals surface area contributed by atoms with Gasteiger partial charge in [0.15, 0.2) is 15.9 Å². The second kappa shape index (κ2) is 9.54. The molecule has 0 aliphatic carbocycles. The number of hydrogen-bond donors (Lipinski definition) is 1. The van der Waals surface area contributed by atoms with Gasteiger partial charge in [-0.2, -0.15) is 0 Å². The zero-order valence-corrected chi connectivity index (χ0v) is 18.8. The van der Waals surface area contributed by atoms with E-state index in [1.807, 2.05) is 10.6 Å². The van der Waals surface area contributed by atoms with E-state index in [-0.39, 0.29) is 11.2 Å². The van der Waals surface area contributed by atoms with Crippen molar-refractivity contribution >= 4 is 27.1 Å². The monoisotopic (exact) mass is 461 g/mol. The van der Waals surface area contributed by atoms with Crippen LogP contribution in [0.15, 0.2) is 44.7 Å². The summed E-state index contributed by atoms with van der Waals surface area (Å²) >= 11 is 3.44. The van der Waals surface area contributed by atoms with E-state index in [0.29, 0.717) is 28.5 Å². The lowest BCUT2D eigenvalue weighted by molar-refractivity contribution is 0.507. The highest BCUT2D eigenvalue weighted by Gasteiger charge is 2.17. The molecule has 156 valence electrons. The molecule has 7 nitrogen and oxygen atoms in total. The largest absolute Gasteiger partial charge is 0.332 e. The highest BCUT2D eigenvalue weighted by molar-refractivity contribution is 9.10. The van der Waals surface area contributed by atoms with Crippen LogP contribution in [0, 0.1) is 0 Å². The van der Waals surface area contributed by atoms with Crippen molar-refractivity contribution < 1.29 is 0 Å². The molecule has 0 saturated carbocycles. The molecule has 1 N–H and O–H groups in total. The van der Waals surface area contributed by atoms with Gasteiger partial charge in [0.1, 0.15) is 0 Å². The van der Waals surface area contributed by atoms with Gasteiger partial charge in [0, 0.05) is 26.7 Å². The minimum Gasteiger partial charge on any atom is -0.314 e. The Labute approximate surface area is 178 Å². The summed E-state index contributed by atoms with van der Waals surface area (Å²) in [5, 5.41) is 3.58. The molecule has 8 heteroatoms. The van der Waals surface area contributed by atoms with Gasteiger partial charge >= 0.3 is 5.69 Å². The van der Waals surface area contributed by atoms with Gasteiger partial charge in [0.2, 0.25) is 0 Å². The predicted molar refractivity (Wildman–Crippen MR) is 119 cm³/mol. The zero-order chi connectivity index (χ0) is 21.0. The van der Waals surface area contributed by atoms with Crippen LogP contribution in [-0.2, 0) is 27.1 Å². The van der Waals surface area contributed by atoms with Crippen LogP contribution in [0.25, 0.3) is 11.2 Å². The number of benzene rings is 1. The zero-order valence-electron chi connectivity index (χ0n) is 17.2. The molecule has 2 heterocycles. The SMILES string of the molecule is CC(Cc1ccccc1)NCCCCCn1c(Br)nc2c1c(=O)n(C)c(=O)n2C.